The van der Waals surface area contributed by atoms with Crippen molar-refractivity contribution in [1.82, 2.24) is 14.5 Å². The summed E-state index contributed by atoms with van der Waals surface area (Å²) < 4.78 is 7.27. The molecule has 0 atom stereocenters. The average Bonchev–Trinajstić information content (AvgIpc) is 3.23. The van der Waals surface area contributed by atoms with Gasteiger partial charge in [-0.3, -0.25) is 4.79 Å². The summed E-state index contributed by atoms with van der Waals surface area (Å²) in [5.41, 5.74) is 4.85. The zero-order valence-electron chi connectivity index (χ0n) is 14.8. The first-order chi connectivity index (χ1) is 13.2. The molecule has 0 bridgehead atoms. The van der Waals surface area contributed by atoms with Crippen LogP contribution in [0.25, 0.3) is 16.9 Å². The Hall–Kier alpha value is -3.41. The van der Waals surface area contributed by atoms with Gasteiger partial charge in [0.25, 0.3) is 5.91 Å². The molecule has 3 heterocycles. The maximum absolute atomic E-state index is 12.5. The number of carbonyl (C=O) groups excluding carboxylic acids is 1. The number of hydrogen-bond donors (Lipinski definition) is 1. The van der Waals surface area contributed by atoms with E-state index in [1.54, 1.807) is 6.07 Å². The van der Waals surface area contributed by atoms with Crippen molar-refractivity contribution in [3.63, 3.8) is 0 Å². The predicted molar refractivity (Wildman–Crippen MR) is 102 cm³/mol. The number of aryl methyl sites for hydroxylation is 1. The summed E-state index contributed by atoms with van der Waals surface area (Å²) in [4.78, 5) is 17.2. The highest BCUT2D eigenvalue weighted by atomic mass is 16.5. The number of anilines is 1. The Labute approximate surface area is 155 Å². The number of hydrogen-bond acceptors (Lipinski definition) is 4. The van der Waals surface area contributed by atoms with Crippen LogP contribution in [0.5, 0.6) is 0 Å². The van der Waals surface area contributed by atoms with Gasteiger partial charge in [-0.2, -0.15) is 0 Å². The lowest BCUT2D eigenvalue weighted by atomic mass is 10.1. The minimum absolute atomic E-state index is 0.270. The Balaban J connectivity index is 1.40. The largest absolute Gasteiger partial charge is 0.360 e. The fraction of sp³-hybridized carbons (Fsp3) is 0.190. The van der Waals surface area contributed by atoms with Crippen LogP contribution in [0.4, 0.5) is 5.69 Å². The van der Waals surface area contributed by atoms with Gasteiger partial charge in [0, 0.05) is 35.6 Å². The van der Waals surface area contributed by atoms with Crippen molar-refractivity contribution in [3.8, 4) is 11.3 Å². The SMILES string of the molecule is Cc1cccn2cc(-c3cccc(NC(=O)c4cc(C5CC5)on4)c3)nc12. The van der Waals surface area contributed by atoms with E-state index in [9.17, 15) is 4.79 Å². The lowest BCUT2D eigenvalue weighted by Crippen LogP contribution is -2.12. The van der Waals surface area contributed by atoms with Gasteiger partial charge in [0.2, 0.25) is 0 Å². The maximum atomic E-state index is 12.5. The van der Waals surface area contributed by atoms with Crippen LogP contribution in [-0.2, 0) is 0 Å². The van der Waals surface area contributed by atoms with Crippen molar-refractivity contribution in [1.29, 1.82) is 0 Å². The highest BCUT2D eigenvalue weighted by Crippen LogP contribution is 2.40. The standard InChI is InChI=1S/C21H18N4O2/c1-13-4-3-9-25-12-18(23-20(13)25)15-5-2-6-16(10-15)22-21(26)17-11-19(27-24-17)14-7-8-14/h2-6,9-12,14H,7-8H2,1H3,(H,22,26). The molecule has 6 nitrogen and oxygen atoms in total. The van der Waals surface area contributed by atoms with Gasteiger partial charge in [0.15, 0.2) is 5.69 Å². The van der Waals surface area contributed by atoms with E-state index < -0.39 is 0 Å². The molecule has 134 valence electrons. The molecule has 0 radical (unpaired) electrons. The first-order valence-electron chi connectivity index (χ1n) is 9.00. The summed E-state index contributed by atoms with van der Waals surface area (Å²) >= 11 is 0. The van der Waals surface area contributed by atoms with E-state index >= 15 is 0 Å². The summed E-state index contributed by atoms with van der Waals surface area (Å²) in [6.07, 6.45) is 6.18. The third kappa shape index (κ3) is 2.99. The Kier molecular flexibility index (Phi) is 3.57. The molecule has 5 rings (SSSR count). The normalized spacial score (nSPS) is 13.8. The van der Waals surface area contributed by atoms with Gasteiger partial charge in [0.1, 0.15) is 11.4 Å². The summed E-state index contributed by atoms with van der Waals surface area (Å²) in [6, 6.07) is 13.4. The molecule has 0 saturated heterocycles. The quantitative estimate of drug-likeness (QED) is 0.586. The van der Waals surface area contributed by atoms with Crippen LogP contribution in [0.15, 0.2) is 59.4 Å². The molecule has 1 amide bonds. The second-order valence-corrected chi connectivity index (χ2v) is 6.97. The van der Waals surface area contributed by atoms with E-state index in [0.717, 1.165) is 41.1 Å². The molecule has 1 aliphatic carbocycles. The Bertz CT molecular complexity index is 1150. The molecule has 27 heavy (non-hydrogen) atoms. The van der Waals surface area contributed by atoms with E-state index in [2.05, 4.69) is 10.5 Å². The third-order valence-corrected chi connectivity index (χ3v) is 4.83. The molecule has 1 aromatic carbocycles. The fourth-order valence-electron chi connectivity index (χ4n) is 3.20. The van der Waals surface area contributed by atoms with Crippen LogP contribution < -0.4 is 5.32 Å². The molecule has 4 aromatic rings. The van der Waals surface area contributed by atoms with E-state index in [1.165, 1.54) is 0 Å². The van der Waals surface area contributed by atoms with Crippen molar-refractivity contribution in [2.24, 2.45) is 0 Å². The molecule has 0 spiro atoms. The molecule has 0 unspecified atom stereocenters. The first-order valence-corrected chi connectivity index (χ1v) is 9.00. The summed E-state index contributed by atoms with van der Waals surface area (Å²) in [5, 5.41) is 6.78. The van der Waals surface area contributed by atoms with Crippen molar-refractivity contribution >= 4 is 17.2 Å². The minimum Gasteiger partial charge on any atom is -0.360 e. The highest BCUT2D eigenvalue weighted by molar-refractivity contribution is 6.03. The molecular formula is C21H18N4O2. The molecule has 6 heteroatoms. The van der Waals surface area contributed by atoms with E-state index in [1.807, 2.05) is 60.1 Å². The average molecular weight is 358 g/mol. The molecule has 0 aliphatic heterocycles. The van der Waals surface area contributed by atoms with Gasteiger partial charge < -0.3 is 14.2 Å². The predicted octanol–water partition coefficient (Wildman–Crippen LogP) is 4.43. The van der Waals surface area contributed by atoms with Gasteiger partial charge in [-0.25, -0.2) is 4.98 Å². The second kappa shape index (κ2) is 6.09. The van der Waals surface area contributed by atoms with E-state index in [4.69, 9.17) is 9.51 Å². The smallest absolute Gasteiger partial charge is 0.277 e. The lowest BCUT2D eigenvalue weighted by molar-refractivity contribution is 0.101. The second-order valence-electron chi connectivity index (χ2n) is 6.97. The van der Waals surface area contributed by atoms with Gasteiger partial charge in [-0.1, -0.05) is 23.4 Å². The van der Waals surface area contributed by atoms with Crippen LogP contribution in [0, 0.1) is 6.92 Å². The number of nitrogens with one attached hydrogen (secondary N) is 1. The number of pyridine rings is 1. The number of imidazole rings is 1. The van der Waals surface area contributed by atoms with Crippen LogP contribution in [0.2, 0.25) is 0 Å². The third-order valence-electron chi connectivity index (χ3n) is 4.83. The number of fused-ring (bicyclic) bond motifs is 1. The van der Waals surface area contributed by atoms with Crippen LogP contribution in [0.3, 0.4) is 0 Å². The molecule has 1 fully saturated rings. The number of rotatable bonds is 4. The molecular weight excluding hydrogens is 340 g/mol. The molecule has 1 aliphatic rings. The van der Waals surface area contributed by atoms with Gasteiger partial charge in [-0.15, -0.1) is 0 Å². The fourth-order valence-corrected chi connectivity index (χ4v) is 3.20. The topological polar surface area (TPSA) is 72.4 Å². The van der Waals surface area contributed by atoms with E-state index in [0.29, 0.717) is 17.3 Å². The Morgan fingerprint density at radius 3 is 2.93 bits per heavy atom. The number of aromatic nitrogens is 3. The Morgan fingerprint density at radius 1 is 1.22 bits per heavy atom. The van der Waals surface area contributed by atoms with Crippen molar-refractivity contribution < 1.29 is 9.32 Å². The van der Waals surface area contributed by atoms with Crippen LogP contribution in [0.1, 0.15) is 40.6 Å². The van der Waals surface area contributed by atoms with Crippen LogP contribution >= 0.6 is 0 Å². The molecule has 3 aromatic heterocycles. The maximum Gasteiger partial charge on any atom is 0.277 e. The van der Waals surface area contributed by atoms with Gasteiger partial charge in [0.05, 0.1) is 5.69 Å². The molecule has 1 N–H and O–H groups in total. The van der Waals surface area contributed by atoms with Crippen molar-refractivity contribution in [2.75, 3.05) is 5.32 Å². The monoisotopic (exact) mass is 358 g/mol. The van der Waals surface area contributed by atoms with Crippen molar-refractivity contribution in [2.45, 2.75) is 25.7 Å². The van der Waals surface area contributed by atoms with Gasteiger partial charge in [-0.05, 0) is 43.5 Å². The number of amides is 1. The first kappa shape index (κ1) is 15.8. The number of nitrogens with zero attached hydrogens (tertiary/aromatic N) is 3. The summed E-state index contributed by atoms with van der Waals surface area (Å²) in [6.45, 7) is 2.04. The highest BCUT2D eigenvalue weighted by Gasteiger charge is 2.28. The summed E-state index contributed by atoms with van der Waals surface area (Å²) in [7, 11) is 0. The van der Waals surface area contributed by atoms with E-state index in [-0.39, 0.29) is 5.91 Å². The Morgan fingerprint density at radius 2 is 2.11 bits per heavy atom. The molecule has 1 saturated carbocycles. The van der Waals surface area contributed by atoms with Crippen molar-refractivity contribution in [3.05, 3.63) is 71.9 Å². The number of benzene rings is 1. The minimum atomic E-state index is -0.270. The van der Waals surface area contributed by atoms with Gasteiger partial charge >= 0.3 is 0 Å². The van der Waals surface area contributed by atoms with Crippen LogP contribution in [-0.4, -0.2) is 20.4 Å². The zero-order valence-corrected chi connectivity index (χ0v) is 14.8. The lowest BCUT2D eigenvalue weighted by Gasteiger charge is -2.04. The summed E-state index contributed by atoms with van der Waals surface area (Å²) in [5.74, 6) is 0.962. The zero-order chi connectivity index (χ0) is 18.4. The number of carbonyl (C=O) groups is 1.